The summed E-state index contributed by atoms with van der Waals surface area (Å²) in [6, 6.07) is 9.13. The summed E-state index contributed by atoms with van der Waals surface area (Å²) in [5, 5.41) is 12.8. The van der Waals surface area contributed by atoms with Gasteiger partial charge >= 0.3 is 0 Å². The molecule has 1 aromatic heterocycles. The van der Waals surface area contributed by atoms with Crippen molar-refractivity contribution in [3.05, 3.63) is 35.7 Å². The number of nitrogens with two attached hydrogens (primary N) is 1. The Morgan fingerprint density at radius 2 is 1.89 bits per heavy atom. The van der Waals surface area contributed by atoms with Crippen molar-refractivity contribution in [2.24, 2.45) is 5.73 Å². The molecule has 1 aromatic carbocycles. The number of aromatic nitrogens is 2. The molecule has 1 fully saturated rings. The van der Waals surface area contributed by atoms with E-state index in [-0.39, 0.29) is 0 Å². The Kier molecular flexibility index (Phi) is 2.80. The summed E-state index contributed by atoms with van der Waals surface area (Å²) in [5.41, 5.74) is 7.26. The van der Waals surface area contributed by atoms with E-state index in [1.54, 1.807) is 24.3 Å². The van der Waals surface area contributed by atoms with E-state index in [1.165, 1.54) is 0 Å². The van der Waals surface area contributed by atoms with E-state index in [2.05, 4.69) is 16.2 Å². The zero-order chi connectivity index (χ0) is 13.3. The van der Waals surface area contributed by atoms with Crippen LogP contribution in [0.1, 0.15) is 37.1 Å². The maximum atomic E-state index is 8.76. The minimum Gasteiger partial charge on any atom is -0.334 e. The van der Waals surface area contributed by atoms with Gasteiger partial charge in [-0.3, -0.25) is 0 Å². The Bertz CT molecular complexity index is 618. The van der Waals surface area contributed by atoms with E-state index in [0.717, 1.165) is 31.2 Å². The van der Waals surface area contributed by atoms with Gasteiger partial charge in [-0.05, 0) is 37.1 Å². The fourth-order valence-electron chi connectivity index (χ4n) is 2.46. The summed E-state index contributed by atoms with van der Waals surface area (Å²) in [6.07, 6.45) is 4.02. The number of rotatable bonds is 2. The van der Waals surface area contributed by atoms with Crippen LogP contribution in [0.25, 0.3) is 11.5 Å². The van der Waals surface area contributed by atoms with Gasteiger partial charge in [-0.2, -0.15) is 10.2 Å². The number of hydrogen-bond acceptors (Lipinski definition) is 5. The van der Waals surface area contributed by atoms with Crippen LogP contribution in [0.4, 0.5) is 0 Å². The van der Waals surface area contributed by atoms with Crippen molar-refractivity contribution in [2.75, 3.05) is 0 Å². The number of hydrogen-bond donors (Lipinski definition) is 1. The monoisotopic (exact) mass is 254 g/mol. The zero-order valence-electron chi connectivity index (χ0n) is 10.5. The number of nitriles is 1. The minimum atomic E-state index is -0.436. The molecule has 1 aliphatic carbocycles. The smallest absolute Gasteiger partial charge is 0.257 e. The lowest BCUT2D eigenvalue weighted by Crippen LogP contribution is -2.34. The third-order valence-electron chi connectivity index (χ3n) is 3.63. The second kappa shape index (κ2) is 4.48. The zero-order valence-corrected chi connectivity index (χ0v) is 10.5. The lowest BCUT2D eigenvalue weighted by Gasteiger charge is -2.17. The van der Waals surface area contributed by atoms with Crippen LogP contribution in [-0.4, -0.2) is 10.1 Å². The van der Waals surface area contributed by atoms with Crippen molar-refractivity contribution >= 4 is 0 Å². The summed E-state index contributed by atoms with van der Waals surface area (Å²) < 4.78 is 5.28. The highest BCUT2D eigenvalue weighted by atomic mass is 16.5. The lowest BCUT2D eigenvalue weighted by atomic mass is 9.99. The number of nitrogens with zero attached hydrogens (tertiary/aromatic N) is 3. The summed E-state index contributed by atoms with van der Waals surface area (Å²) in [5.74, 6) is 1.04. The van der Waals surface area contributed by atoms with Crippen LogP contribution in [-0.2, 0) is 5.54 Å². The van der Waals surface area contributed by atoms with E-state index in [1.807, 2.05) is 0 Å². The molecule has 96 valence electrons. The molecule has 1 aliphatic rings. The fraction of sp³-hybridized carbons (Fsp3) is 0.357. The highest BCUT2D eigenvalue weighted by Gasteiger charge is 2.36. The first-order valence-corrected chi connectivity index (χ1v) is 6.35. The molecule has 0 amide bonds. The maximum absolute atomic E-state index is 8.76. The van der Waals surface area contributed by atoms with Gasteiger partial charge in [-0.1, -0.05) is 18.0 Å². The lowest BCUT2D eigenvalue weighted by molar-refractivity contribution is 0.372. The van der Waals surface area contributed by atoms with Gasteiger partial charge in [-0.25, -0.2) is 0 Å². The SMILES string of the molecule is N#Cc1ccc(-c2nc(C3(N)CCCC3)no2)cc1. The molecule has 0 bridgehead atoms. The molecule has 0 spiro atoms. The molecule has 19 heavy (non-hydrogen) atoms. The Morgan fingerprint density at radius 1 is 1.21 bits per heavy atom. The topological polar surface area (TPSA) is 88.7 Å². The Labute approximate surface area is 111 Å². The van der Waals surface area contributed by atoms with E-state index < -0.39 is 5.54 Å². The first-order valence-electron chi connectivity index (χ1n) is 6.35. The van der Waals surface area contributed by atoms with Crippen molar-refractivity contribution in [1.29, 1.82) is 5.26 Å². The highest BCUT2D eigenvalue weighted by molar-refractivity contribution is 5.54. The molecule has 0 atom stereocenters. The van der Waals surface area contributed by atoms with Gasteiger partial charge in [0.1, 0.15) is 0 Å². The number of benzene rings is 1. The van der Waals surface area contributed by atoms with Gasteiger partial charge in [0, 0.05) is 5.56 Å². The van der Waals surface area contributed by atoms with Crippen LogP contribution < -0.4 is 5.73 Å². The first-order chi connectivity index (χ1) is 9.21. The average Bonchev–Trinajstić information content (AvgIpc) is 3.08. The van der Waals surface area contributed by atoms with Gasteiger partial charge in [0.15, 0.2) is 5.82 Å². The van der Waals surface area contributed by atoms with Crippen LogP contribution in [0.5, 0.6) is 0 Å². The Morgan fingerprint density at radius 3 is 2.53 bits per heavy atom. The highest BCUT2D eigenvalue weighted by Crippen LogP contribution is 2.35. The normalized spacial score (nSPS) is 17.3. The largest absolute Gasteiger partial charge is 0.334 e. The fourth-order valence-corrected chi connectivity index (χ4v) is 2.46. The molecular formula is C14H14N4O. The van der Waals surface area contributed by atoms with Gasteiger partial charge < -0.3 is 10.3 Å². The molecule has 3 rings (SSSR count). The molecule has 5 nitrogen and oxygen atoms in total. The van der Waals surface area contributed by atoms with Crippen LogP contribution >= 0.6 is 0 Å². The van der Waals surface area contributed by atoms with Gasteiger partial charge in [0.05, 0.1) is 17.2 Å². The summed E-state index contributed by atoms with van der Waals surface area (Å²) >= 11 is 0. The molecule has 0 unspecified atom stereocenters. The average molecular weight is 254 g/mol. The molecule has 1 saturated carbocycles. The quantitative estimate of drug-likeness (QED) is 0.888. The third-order valence-corrected chi connectivity index (χ3v) is 3.63. The molecule has 2 N–H and O–H groups in total. The molecule has 5 heteroatoms. The standard InChI is InChI=1S/C14H14N4O/c15-9-10-3-5-11(6-4-10)12-17-13(18-19-12)14(16)7-1-2-8-14/h3-6H,1-2,7-8,16H2. The molecule has 0 radical (unpaired) electrons. The van der Waals surface area contributed by atoms with Crippen LogP contribution in [0, 0.1) is 11.3 Å². The second-order valence-corrected chi connectivity index (χ2v) is 4.98. The molecule has 1 heterocycles. The van der Waals surface area contributed by atoms with Crippen LogP contribution in [0.3, 0.4) is 0 Å². The predicted octanol–water partition coefficient (Wildman–Crippen LogP) is 2.34. The molecule has 2 aromatic rings. The van der Waals surface area contributed by atoms with Crippen LogP contribution in [0.15, 0.2) is 28.8 Å². The van der Waals surface area contributed by atoms with Crippen molar-refractivity contribution < 1.29 is 4.52 Å². The molecule has 0 aliphatic heterocycles. The van der Waals surface area contributed by atoms with E-state index in [9.17, 15) is 0 Å². The molecular weight excluding hydrogens is 240 g/mol. The Hall–Kier alpha value is -2.19. The summed E-state index contributed by atoms with van der Waals surface area (Å²) in [6.45, 7) is 0. The van der Waals surface area contributed by atoms with Gasteiger partial charge in [0.2, 0.25) is 0 Å². The van der Waals surface area contributed by atoms with Gasteiger partial charge in [0.25, 0.3) is 5.89 Å². The second-order valence-electron chi connectivity index (χ2n) is 4.98. The van der Waals surface area contributed by atoms with Crippen molar-refractivity contribution in [3.8, 4) is 17.5 Å². The van der Waals surface area contributed by atoms with E-state index in [0.29, 0.717) is 17.3 Å². The first kappa shape index (κ1) is 11.9. The summed E-state index contributed by atoms with van der Waals surface area (Å²) in [7, 11) is 0. The Balaban J connectivity index is 1.90. The minimum absolute atomic E-state index is 0.436. The van der Waals surface area contributed by atoms with Crippen LogP contribution in [0.2, 0.25) is 0 Å². The van der Waals surface area contributed by atoms with Crippen molar-refractivity contribution in [3.63, 3.8) is 0 Å². The van der Waals surface area contributed by atoms with Gasteiger partial charge in [-0.15, -0.1) is 0 Å². The van der Waals surface area contributed by atoms with E-state index >= 15 is 0 Å². The summed E-state index contributed by atoms with van der Waals surface area (Å²) in [4.78, 5) is 4.40. The van der Waals surface area contributed by atoms with Crippen molar-refractivity contribution in [2.45, 2.75) is 31.2 Å². The predicted molar refractivity (Wildman–Crippen MR) is 68.8 cm³/mol. The van der Waals surface area contributed by atoms with E-state index in [4.69, 9.17) is 15.5 Å². The third kappa shape index (κ3) is 2.11. The van der Waals surface area contributed by atoms with Crippen molar-refractivity contribution in [1.82, 2.24) is 10.1 Å². The molecule has 0 saturated heterocycles. The maximum Gasteiger partial charge on any atom is 0.257 e.